The SMILES string of the molecule is C=C(C)OC(=O)C(=C)CC(=O)O. The molecule has 0 aliphatic carbocycles. The molecular formula is C8H10O4. The van der Waals surface area contributed by atoms with Crippen molar-refractivity contribution in [1.82, 2.24) is 0 Å². The molecule has 0 spiro atoms. The van der Waals surface area contributed by atoms with Crippen molar-refractivity contribution >= 4 is 11.9 Å². The molecule has 0 aromatic carbocycles. The summed E-state index contributed by atoms with van der Waals surface area (Å²) < 4.78 is 4.52. The zero-order valence-corrected chi connectivity index (χ0v) is 6.79. The summed E-state index contributed by atoms with van der Waals surface area (Å²) in [7, 11) is 0. The van der Waals surface area contributed by atoms with E-state index >= 15 is 0 Å². The number of carbonyl (C=O) groups excluding carboxylic acids is 1. The van der Waals surface area contributed by atoms with Crippen molar-refractivity contribution in [2.24, 2.45) is 0 Å². The molecule has 1 N–H and O–H groups in total. The number of carboxylic acids is 1. The molecule has 0 heterocycles. The van der Waals surface area contributed by atoms with Crippen LogP contribution >= 0.6 is 0 Å². The maximum atomic E-state index is 10.8. The van der Waals surface area contributed by atoms with Gasteiger partial charge in [0.05, 0.1) is 12.2 Å². The zero-order chi connectivity index (χ0) is 9.72. The quantitative estimate of drug-likeness (QED) is 0.389. The molecule has 0 saturated carbocycles. The number of allylic oxidation sites excluding steroid dienone is 1. The first-order valence-corrected chi connectivity index (χ1v) is 3.20. The number of aliphatic carboxylic acids is 1. The maximum absolute atomic E-state index is 10.8. The molecule has 4 heteroatoms. The first kappa shape index (κ1) is 10.4. The first-order valence-electron chi connectivity index (χ1n) is 3.20. The molecule has 0 radical (unpaired) electrons. The van der Waals surface area contributed by atoms with Crippen LogP contribution in [0.5, 0.6) is 0 Å². The predicted octanol–water partition coefficient (Wildman–Crippen LogP) is 1.09. The van der Waals surface area contributed by atoms with E-state index in [1.807, 2.05) is 0 Å². The molecule has 0 bridgehead atoms. The van der Waals surface area contributed by atoms with Crippen LogP contribution in [-0.2, 0) is 14.3 Å². The van der Waals surface area contributed by atoms with Crippen LogP contribution in [0.3, 0.4) is 0 Å². The Labute approximate surface area is 70.1 Å². The molecule has 12 heavy (non-hydrogen) atoms. The van der Waals surface area contributed by atoms with Gasteiger partial charge in [0.15, 0.2) is 0 Å². The molecule has 0 saturated heterocycles. The third kappa shape index (κ3) is 4.27. The van der Waals surface area contributed by atoms with Crippen LogP contribution in [0.25, 0.3) is 0 Å². The molecule has 0 aromatic rings. The monoisotopic (exact) mass is 170 g/mol. The molecule has 66 valence electrons. The van der Waals surface area contributed by atoms with E-state index in [9.17, 15) is 9.59 Å². The van der Waals surface area contributed by atoms with E-state index in [1.165, 1.54) is 6.92 Å². The normalized spacial score (nSPS) is 8.75. The Kier molecular flexibility index (Phi) is 3.76. The Hall–Kier alpha value is -1.58. The minimum absolute atomic E-state index is 0.0921. The smallest absolute Gasteiger partial charge is 0.339 e. The Morgan fingerprint density at radius 1 is 1.42 bits per heavy atom. The molecule has 0 aliphatic rings. The molecule has 4 nitrogen and oxygen atoms in total. The van der Waals surface area contributed by atoms with E-state index in [4.69, 9.17) is 5.11 Å². The van der Waals surface area contributed by atoms with Gasteiger partial charge in [-0.25, -0.2) is 4.79 Å². The second kappa shape index (κ2) is 4.33. The van der Waals surface area contributed by atoms with E-state index in [2.05, 4.69) is 17.9 Å². The summed E-state index contributed by atoms with van der Waals surface area (Å²) in [4.78, 5) is 21.0. The van der Waals surface area contributed by atoms with Crippen molar-refractivity contribution < 1.29 is 19.4 Å². The molecule has 0 aromatic heterocycles. The lowest BCUT2D eigenvalue weighted by molar-refractivity contribution is -0.140. The van der Waals surface area contributed by atoms with Crippen LogP contribution in [0.15, 0.2) is 24.5 Å². The van der Waals surface area contributed by atoms with Crippen LogP contribution in [0.4, 0.5) is 0 Å². The van der Waals surface area contributed by atoms with Crippen molar-refractivity contribution in [2.75, 3.05) is 0 Å². The zero-order valence-electron chi connectivity index (χ0n) is 6.79. The van der Waals surface area contributed by atoms with E-state index in [-0.39, 0.29) is 11.3 Å². The van der Waals surface area contributed by atoms with Gasteiger partial charge in [-0.1, -0.05) is 13.2 Å². The molecule has 0 atom stereocenters. The van der Waals surface area contributed by atoms with E-state index in [1.54, 1.807) is 0 Å². The minimum Gasteiger partial charge on any atom is -0.481 e. The molecule has 0 fully saturated rings. The summed E-state index contributed by atoms with van der Waals surface area (Å²) in [6.45, 7) is 8.07. The van der Waals surface area contributed by atoms with E-state index < -0.39 is 18.4 Å². The molecule has 0 rings (SSSR count). The summed E-state index contributed by atoms with van der Waals surface area (Å²) in [6.07, 6.45) is -0.411. The second-order valence-electron chi connectivity index (χ2n) is 2.27. The fourth-order valence-corrected chi connectivity index (χ4v) is 0.485. The number of hydrogen-bond donors (Lipinski definition) is 1. The fraction of sp³-hybridized carbons (Fsp3) is 0.250. The third-order valence-electron chi connectivity index (χ3n) is 0.920. The lowest BCUT2D eigenvalue weighted by atomic mass is 10.2. The lowest BCUT2D eigenvalue weighted by Gasteiger charge is -2.02. The number of carbonyl (C=O) groups is 2. The topological polar surface area (TPSA) is 63.6 Å². The Bertz CT molecular complexity index is 213. The number of hydrogen-bond acceptors (Lipinski definition) is 3. The van der Waals surface area contributed by atoms with Gasteiger partial charge in [0.1, 0.15) is 0 Å². The van der Waals surface area contributed by atoms with E-state index in [0.717, 1.165) is 0 Å². The average Bonchev–Trinajstić information content (AvgIpc) is 1.84. The van der Waals surface area contributed by atoms with Crippen LogP contribution in [-0.4, -0.2) is 17.0 Å². The number of carboxylic acid groups (broad SMARTS) is 1. The number of rotatable bonds is 4. The maximum Gasteiger partial charge on any atom is 0.339 e. The van der Waals surface area contributed by atoms with Crippen LogP contribution in [0, 0.1) is 0 Å². The highest BCUT2D eigenvalue weighted by Crippen LogP contribution is 2.03. The third-order valence-corrected chi connectivity index (χ3v) is 0.920. The summed E-state index contributed by atoms with van der Waals surface area (Å²) in [5.41, 5.74) is -0.0921. The van der Waals surface area contributed by atoms with Gasteiger partial charge >= 0.3 is 11.9 Å². The largest absolute Gasteiger partial charge is 0.481 e. The van der Waals surface area contributed by atoms with Crippen molar-refractivity contribution in [3.8, 4) is 0 Å². The predicted molar refractivity (Wildman–Crippen MR) is 42.3 cm³/mol. The van der Waals surface area contributed by atoms with Gasteiger partial charge in [0.25, 0.3) is 0 Å². The molecular weight excluding hydrogens is 160 g/mol. The lowest BCUT2D eigenvalue weighted by Crippen LogP contribution is -2.09. The van der Waals surface area contributed by atoms with Crippen LogP contribution in [0.2, 0.25) is 0 Å². The van der Waals surface area contributed by atoms with Gasteiger partial charge < -0.3 is 9.84 Å². The summed E-state index contributed by atoms with van der Waals surface area (Å²) in [6, 6.07) is 0. The van der Waals surface area contributed by atoms with Crippen LogP contribution in [0.1, 0.15) is 13.3 Å². The standard InChI is InChI=1S/C8H10O4/c1-5(2)12-8(11)6(3)4-7(9)10/h1,3-4H2,2H3,(H,9,10). The first-order chi connectivity index (χ1) is 5.43. The second-order valence-corrected chi connectivity index (χ2v) is 2.27. The summed E-state index contributed by atoms with van der Waals surface area (Å²) in [5, 5.41) is 8.28. The highest BCUT2D eigenvalue weighted by molar-refractivity contribution is 5.93. The van der Waals surface area contributed by atoms with Crippen molar-refractivity contribution in [3.05, 3.63) is 24.5 Å². The molecule has 0 unspecified atom stereocenters. The summed E-state index contributed by atoms with van der Waals surface area (Å²) in [5.74, 6) is -1.64. The van der Waals surface area contributed by atoms with Crippen molar-refractivity contribution in [1.29, 1.82) is 0 Å². The Morgan fingerprint density at radius 3 is 2.25 bits per heavy atom. The highest BCUT2D eigenvalue weighted by atomic mass is 16.5. The van der Waals surface area contributed by atoms with Gasteiger partial charge in [-0.2, -0.15) is 0 Å². The van der Waals surface area contributed by atoms with Gasteiger partial charge in [0.2, 0.25) is 0 Å². The Morgan fingerprint density at radius 2 is 1.92 bits per heavy atom. The molecule has 0 aliphatic heterocycles. The average molecular weight is 170 g/mol. The summed E-state index contributed by atoms with van der Waals surface area (Å²) >= 11 is 0. The van der Waals surface area contributed by atoms with Crippen molar-refractivity contribution in [2.45, 2.75) is 13.3 Å². The van der Waals surface area contributed by atoms with Gasteiger partial charge in [-0.05, 0) is 6.92 Å². The van der Waals surface area contributed by atoms with Gasteiger partial charge in [-0.15, -0.1) is 0 Å². The van der Waals surface area contributed by atoms with Gasteiger partial charge in [0, 0.05) is 5.57 Å². The van der Waals surface area contributed by atoms with Crippen LogP contribution < -0.4 is 0 Å². The van der Waals surface area contributed by atoms with Gasteiger partial charge in [-0.3, -0.25) is 4.79 Å². The number of esters is 1. The van der Waals surface area contributed by atoms with Crippen molar-refractivity contribution in [3.63, 3.8) is 0 Å². The molecule has 0 amide bonds. The fourth-order valence-electron chi connectivity index (χ4n) is 0.485. The minimum atomic E-state index is -1.11. The highest BCUT2D eigenvalue weighted by Gasteiger charge is 2.11. The van der Waals surface area contributed by atoms with E-state index in [0.29, 0.717) is 0 Å². The number of ether oxygens (including phenoxy) is 1. The Balaban J connectivity index is 4.03.